The SMILES string of the molecule is CCC[C@@H](C(=O)O)N1CC(S(N)(=O)=O)CC1=O. The highest BCUT2D eigenvalue weighted by Crippen LogP contribution is 2.21. The van der Waals surface area contributed by atoms with Gasteiger partial charge in [-0.3, -0.25) is 4.79 Å². The molecule has 17 heavy (non-hydrogen) atoms. The van der Waals surface area contributed by atoms with Crippen molar-refractivity contribution in [1.82, 2.24) is 4.90 Å². The molecule has 1 aliphatic heterocycles. The Morgan fingerprint density at radius 2 is 2.24 bits per heavy atom. The van der Waals surface area contributed by atoms with Gasteiger partial charge in [-0.2, -0.15) is 0 Å². The quantitative estimate of drug-likeness (QED) is 0.669. The number of nitrogens with two attached hydrogens (primary N) is 1. The first kappa shape index (κ1) is 13.9. The van der Waals surface area contributed by atoms with Gasteiger partial charge in [0.05, 0.1) is 0 Å². The van der Waals surface area contributed by atoms with Gasteiger partial charge in [-0.05, 0) is 6.42 Å². The number of amides is 1. The summed E-state index contributed by atoms with van der Waals surface area (Å²) in [5, 5.41) is 13.0. The third kappa shape index (κ3) is 3.16. The number of carboxylic acid groups (broad SMARTS) is 1. The van der Waals surface area contributed by atoms with E-state index in [1.54, 1.807) is 6.92 Å². The highest BCUT2D eigenvalue weighted by molar-refractivity contribution is 7.89. The molecule has 1 aliphatic rings. The first-order valence-corrected chi connectivity index (χ1v) is 6.92. The van der Waals surface area contributed by atoms with Crippen LogP contribution in [0.25, 0.3) is 0 Å². The van der Waals surface area contributed by atoms with Crippen LogP contribution in [0, 0.1) is 0 Å². The van der Waals surface area contributed by atoms with E-state index in [0.717, 1.165) is 4.90 Å². The summed E-state index contributed by atoms with van der Waals surface area (Å²) in [5.41, 5.74) is 0. The first-order valence-electron chi connectivity index (χ1n) is 5.31. The van der Waals surface area contributed by atoms with Crippen molar-refractivity contribution >= 4 is 21.9 Å². The number of aliphatic carboxylic acids is 1. The van der Waals surface area contributed by atoms with Crippen molar-refractivity contribution in [3.05, 3.63) is 0 Å². The molecule has 0 spiro atoms. The van der Waals surface area contributed by atoms with E-state index in [0.29, 0.717) is 12.8 Å². The van der Waals surface area contributed by atoms with E-state index in [2.05, 4.69) is 0 Å². The first-order chi connectivity index (χ1) is 7.77. The summed E-state index contributed by atoms with van der Waals surface area (Å²) in [7, 11) is -3.80. The fourth-order valence-corrected chi connectivity index (χ4v) is 2.65. The highest BCUT2D eigenvalue weighted by Gasteiger charge is 2.41. The van der Waals surface area contributed by atoms with Crippen molar-refractivity contribution < 1.29 is 23.1 Å². The Hall–Kier alpha value is -1.15. The summed E-state index contributed by atoms with van der Waals surface area (Å²) in [6.45, 7) is 1.67. The number of hydrogen-bond donors (Lipinski definition) is 2. The fourth-order valence-electron chi connectivity index (χ4n) is 1.90. The standard InChI is InChI=1S/C9H16N2O5S/c1-2-3-7(9(13)14)11-5-6(4-8(11)12)17(10,15)16/h6-7H,2-5H2,1H3,(H,13,14)(H2,10,15,16)/t6?,7-/m0/s1. The van der Waals surface area contributed by atoms with Gasteiger partial charge in [-0.15, -0.1) is 0 Å². The van der Waals surface area contributed by atoms with Gasteiger partial charge in [-0.25, -0.2) is 18.4 Å². The second-order valence-corrected chi connectivity index (χ2v) is 5.95. The molecule has 0 aromatic carbocycles. The predicted octanol–water partition coefficient (Wildman–Crippen LogP) is -0.871. The number of hydrogen-bond acceptors (Lipinski definition) is 4. The van der Waals surface area contributed by atoms with Gasteiger partial charge in [0.2, 0.25) is 15.9 Å². The molecule has 0 aromatic heterocycles. The van der Waals surface area contributed by atoms with Gasteiger partial charge >= 0.3 is 5.97 Å². The molecule has 0 saturated carbocycles. The number of sulfonamides is 1. The average Bonchev–Trinajstić information content (AvgIpc) is 2.55. The average molecular weight is 264 g/mol. The van der Waals surface area contributed by atoms with Crippen LogP contribution in [-0.2, 0) is 19.6 Å². The normalized spacial score (nSPS) is 22.8. The third-order valence-electron chi connectivity index (χ3n) is 2.81. The van der Waals surface area contributed by atoms with Crippen molar-refractivity contribution in [3.8, 4) is 0 Å². The molecule has 0 aromatic rings. The van der Waals surface area contributed by atoms with Gasteiger partial charge in [-0.1, -0.05) is 13.3 Å². The maximum atomic E-state index is 11.6. The van der Waals surface area contributed by atoms with Crippen LogP contribution in [0.1, 0.15) is 26.2 Å². The largest absolute Gasteiger partial charge is 0.480 e. The zero-order valence-corrected chi connectivity index (χ0v) is 10.3. The van der Waals surface area contributed by atoms with Crippen molar-refractivity contribution in [2.24, 2.45) is 5.14 Å². The molecule has 1 fully saturated rings. The summed E-state index contributed by atoms with van der Waals surface area (Å²) in [4.78, 5) is 23.7. The highest BCUT2D eigenvalue weighted by atomic mass is 32.2. The second-order valence-electron chi connectivity index (χ2n) is 4.10. The third-order valence-corrected chi connectivity index (χ3v) is 4.06. The van der Waals surface area contributed by atoms with E-state index in [1.165, 1.54) is 0 Å². The lowest BCUT2D eigenvalue weighted by Crippen LogP contribution is -2.43. The Bertz CT molecular complexity index is 419. The van der Waals surface area contributed by atoms with Crippen molar-refractivity contribution in [3.63, 3.8) is 0 Å². The van der Waals surface area contributed by atoms with E-state index >= 15 is 0 Å². The number of nitrogens with zero attached hydrogens (tertiary/aromatic N) is 1. The fraction of sp³-hybridized carbons (Fsp3) is 0.778. The summed E-state index contributed by atoms with van der Waals surface area (Å²) in [5.74, 6) is -1.58. The number of carboxylic acids is 1. The van der Waals surface area contributed by atoms with Crippen LogP contribution in [0.3, 0.4) is 0 Å². The Labute approximate surface area is 99.6 Å². The van der Waals surface area contributed by atoms with Crippen LogP contribution >= 0.6 is 0 Å². The maximum absolute atomic E-state index is 11.6. The van der Waals surface area contributed by atoms with E-state index in [1.807, 2.05) is 0 Å². The Kier molecular flexibility index (Phi) is 4.10. The Balaban J connectivity index is 2.85. The molecule has 8 heteroatoms. The van der Waals surface area contributed by atoms with E-state index in [4.69, 9.17) is 10.2 Å². The lowest BCUT2D eigenvalue weighted by Gasteiger charge is -2.23. The summed E-state index contributed by atoms with van der Waals surface area (Å²) < 4.78 is 22.3. The zero-order valence-electron chi connectivity index (χ0n) is 9.50. The minimum atomic E-state index is -3.80. The zero-order chi connectivity index (χ0) is 13.2. The molecule has 1 amide bonds. The van der Waals surface area contributed by atoms with E-state index < -0.39 is 33.2 Å². The molecular weight excluding hydrogens is 248 g/mol. The number of carbonyl (C=O) groups excluding carboxylic acids is 1. The second kappa shape index (κ2) is 5.01. The Morgan fingerprint density at radius 3 is 2.59 bits per heavy atom. The van der Waals surface area contributed by atoms with Crippen LogP contribution in [0.5, 0.6) is 0 Å². The van der Waals surface area contributed by atoms with Crippen LogP contribution in [0.2, 0.25) is 0 Å². The molecule has 1 heterocycles. The van der Waals surface area contributed by atoms with E-state index in [9.17, 15) is 18.0 Å². The number of rotatable bonds is 5. The minimum Gasteiger partial charge on any atom is -0.480 e. The molecule has 98 valence electrons. The van der Waals surface area contributed by atoms with Gasteiger partial charge < -0.3 is 10.0 Å². The molecule has 7 nitrogen and oxygen atoms in total. The smallest absolute Gasteiger partial charge is 0.326 e. The monoisotopic (exact) mass is 264 g/mol. The summed E-state index contributed by atoms with van der Waals surface area (Å²) in [6, 6.07) is -0.959. The van der Waals surface area contributed by atoms with Gasteiger partial charge in [0, 0.05) is 13.0 Å². The molecule has 0 radical (unpaired) electrons. The number of likely N-dealkylation sites (tertiary alicyclic amines) is 1. The van der Waals surface area contributed by atoms with E-state index in [-0.39, 0.29) is 13.0 Å². The predicted molar refractivity (Wildman–Crippen MR) is 59.6 cm³/mol. The van der Waals surface area contributed by atoms with Crippen molar-refractivity contribution in [2.45, 2.75) is 37.5 Å². The molecule has 2 atom stereocenters. The minimum absolute atomic E-state index is 0.130. The lowest BCUT2D eigenvalue weighted by molar-refractivity contribution is -0.148. The topological polar surface area (TPSA) is 118 Å². The van der Waals surface area contributed by atoms with Gasteiger partial charge in [0.1, 0.15) is 11.3 Å². The van der Waals surface area contributed by atoms with Gasteiger partial charge in [0.15, 0.2) is 0 Å². The maximum Gasteiger partial charge on any atom is 0.326 e. The van der Waals surface area contributed by atoms with Crippen molar-refractivity contribution in [1.29, 1.82) is 0 Å². The molecule has 1 rings (SSSR count). The number of carbonyl (C=O) groups is 2. The lowest BCUT2D eigenvalue weighted by atomic mass is 10.1. The summed E-state index contributed by atoms with van der Waals surface area (Å²) in [6.07, 6.45) is 0.672. The van der Waals surface area contributed by atoms with Crippen LogP contribution < -0.4 is 5.14 Å². The number of primary sulfonamides is 1. The molecule has 0 aliphatic carbocycles. The Morgan fingerprint density at radius 1 is 1.65 bits per heavy atom. The van der Waals surface area contributed by atoms with Crippen LogP contribution in [-0.4, -0.2) is 48.1 Å². The van der Waals surface area contributed by atoms with Crippen LogP contribution in [0.4, 0.5) is 0 Å². The summed E-state index contributed by atoms with van der Waals surface area (Å²) >= 11 is 0. The molecule has 0 bridgehead atoms. The molecular formula is C9H16N2O5S. The van der Waals surface area contributed by atoms with Crippen LogP contribution in [0.15, 0.2) is 0 Å². The van der Waals surface area contributed by atoms with Gasteiger partial charge in [0.25, 0.3) is 0 Å². The molecule has 1 unspecified atom stereocenters. The van der Waals surface area contributed by atoms with Crippen molar-refractivity contribution in [2.75, 3.05) is 6.54 Å². The molecule has 3 N–H and O–H groups in total. The molecule has 1 saturated heterocycles.